The van der Waals surface area contributed by atoms with Crippen molar-refractivity contribution >= 4 is 23.9 Å². The van der Waals surface area contributed by atoms with Gasteiger partial charge in [0.1, 0.15) is 25.9 Å². The molecule has 1 rings (SSSR count). The van der Waals surface area contributed by atoms with E-state index in [2.05, 4.69) is 6.58 Å². The highest BCUT2D eigenvalue weighted by Crippen LogP contribution is 2.22. The highest BCUT2D eigenvalue weighted by molar-refractivity contribution is 5.86. The van der Waals surface area contributed by atoms with Gasteiger partial charge in [0.2, 0.25) is 0 Å². The van der Waals surface area contributed by atoms with Gasteiger partial charge >= 0.3 is 23.9 Å². The summed E-state index contributed by atoms with van der Waals surface area (Å²) in [6.45, 7) is 21.4. The first-order chi connectivity index (χ1) is 18.8. The van der Waals surface area contributed by atoms with Gasteiger partial charge < -0.3 is 24.4 Å². The molecule has 2 N–H and O–H groups in total. The molecule has 258 valence electrons. The summed E-state index contributed by atoms with van der Waals surface area (Å²) < 4.78 is 14.9. The van der Waals surface area contributed by atoms with Gasteiger partial charge in [-0.05, 0) is 73.3 Å². The zero-order valence-electron chi connectivity index (χ0n) is 26.7. The Bertz CT molecular complexity index is 964. The lowest BCUT2D eigenvalue weighted by Gasteiger charge is -2.21. The van der Waals surface area contributed by atoms with E-state index in [1.165, 1.54) is 6.92 Å². The van der Waals surface area contributed by atoms with Gasteiger partial charge in [0.15, 0.2) is 0 Å². The number of carboxylic acids is 1. The fourth-order valence-corrected chi connectivity index (χ4v) is 2.07. The number of esters is 3. The quantitative estimate of drug-likeness (QED) is 0.126. The normalized spacial score (nSPS) is 11.1. The van der Waals surface area contributed by atoms with Crippen LogP contribution >= 0.6 is 0 Å². The molecule has 9 nitrogen and oxygen atoms in total. The monoisotopic (exact) mass is 628 g/mol. The second-order valence-electron chi connectivity index (χ2n) is 11.7. The van der Waals surface area contributed by atoms with Crippen molar-refractivity contribution in [2.24, 2.45) is 16.2 Å². The number of carbonyl (C=O) groups excluding carboxylic acids is 3. The number of carboxylic acid groups (broad SMARTS) is 1. The van der Waals surface area contributed by atoms with Crippen molar-refractivity contribution in [3.8, 4) is 0 Å². The van der Waals surface area contributed by atoms with Crippen LogP contribution < -0.4 is 0 Å². The molecular weight excluding hydrogens is 564 g/mol. The summed E-state index contributed by atoms with van der Waals surface area (Å²) in [4.78, 5) is 44.5. The summed E-state index contributed by atoms with van der Waals surface area (Å²) in [5.41, 5.74) is -0.216. The molecule has 0 saturated carbocycles. The largest absolute Gasteiger partial charge is 0.481 e. The minimum absolute atomic E-state index is 0. The summed E-state index contributed by atoms with van der Waals surface area (Å²) in [7, 11) is 0. The second-order valence-corrected chi connectivity index (χ2v) is 11.7. The molecule has 1 aromatic rings. The van der Waals surface area contributed by atoms with Gasteiger partial charge in [0, 0.05) is 5.57 Å². The maximum atomic E-state index is 11.6. The van der Waals surface area contributed by atoms with Crippen LogP contribution in [0, 0.1) is 16.2 Å². The number of hydrogen-bond donors (Lipinski definition) is 2. The molecule has 0 saturated heterocycles. The highest BCUT2D eigenvalue weighted by atomic mass is 16.6. The van der Waals surface area contributed by atoms with Gasteiger partial charge in [-0.3, -0.25) is 14.4 Å². The Labute approximate surface area is 268 Å². The third-order valence-corrected chi connectivity index (χ3v) is 6.71. The Kier molecular flexibility index (Phi) is 27.7. The fraction of sp³-hybridized carbons (Fsp3) is 0.657. The number of aliphatic hydroxyl groups is 1. The molecule has 0 aliphatic carbocycles. The van der Waals surface area contributed by atoms with Gasteiger partial charge in [-0.1, -0.05) is 80.0 Å². The highest BCUT2D eigenvalue weighted by Gasteiger charge is 2.28. The van der Waals surface area contributed by atoms with Gasteiger partial charge in [0.05, 0.1) is 16.2 Å². The molecule has 0 heterocycles. The first-order valence-corrected chi connectivity index (χ1v) is 13.9. The standard InChI is InChI=1S/C13H22O5.C13H18O2.C6H12O2.3CH4/c1-6-13(4,5)12(16)18-8-10(14)7-17-11(15)9(2)3;1-4-13(2,3)12(14)15-10-11-8-6-5-7-9-11;1-4-6(2,3)5(7)8;;;/h10,14H,2,6-8H2,1,3-5H3;5-9H,4,10H2,1-3H3;4H2,1-3H3,(H,7,8);3*1H4. The maximum Gasteiger partial charge on any atom is 0.333 e. The lowest BCUT2D eigenvalue weighted by molar-refractivity contribution is -0.159. The van der Waals surface area contributed by atoms with Crippen molar-refractivity contribution in [3.05, 3.63) is 48.0 Å². The Hall–Kier alpha value is -3.20. The average Bonchev–Trinajstić information content (AvgIpc) is 2.94. The van der Waals surface area contributed by atoms with Crippen LogP contribution in [0.5, 0.6) is 0 Å². The summed E-state index contributed by atoms with van der Waals surface area (Å²) in [5, 5.41) is 17.9. The van der Waals surface area contributed by atoms with Crippen molar-refractivity contribution < 1.29 is 43.6 Å². The van der Waals surface area contributed by atoms with E-state index in [-0.39, 0.29) is 58.4 Å². The van der Waals surface area contributed by atoms with Gasteiger partial charge in [-0.2, -0.15) is 0 Å². The predicted molar refractivity (Wildman–Crippen MR) is 179 cm³/mol. The first-order valence-electron chi connectivity index (χ1n) is 13.9. The minimum atomic E-state index is -1.02. The van der Waals surface area contributed by atoms with E-state index in [1.807, 2.05) is 65.0 Å². The summed E-state index contributed by atoms with van der Waals surface area (Å²) >= 11 is 0. The third kappa shape index (κ3) is 21.5. The fourth-order valence-electron chi connectivity index (χ4n) is 2.07. The van der Waals surface area contributed by atoms with Crippen molar-refractivity contribution in [2.45, 2.75) is 123 Å². The predicted octanol–water partition coefficient (Wildman–Crippen LogP) is 8.03. The van der Waals surface area contributed by atoms with E-state index >= 15 is 0 Å². The first kappa shape index (κ1) is 50.4. The van der Waals surface area contributed by atoms with Crippen LogP contribution in [0.1, 0.15) is 116 Å². The number of carbonyl (C=O) groups is 4. The SMILES string of the molecule is C.C.C.C=C(C)C(=O)OCC(O)COC(=O)C(C)(C)CC.CCC(C)(C)C(=O)O.CCC(C)(C)C(=O)OCc1ccccc1. The number of hydrogen-bond acceptors (Lipinski definition) is 8. The van der Waals surface area contributed by atoms with Crippen LogP contribution in [-0.4, -0.2) is 53.4 Å². The number of benzene rings is 1. The number of ether oxygens (including phenoxy) is 3. The Balaban J connectivity index is -0.000000178. The Morgan fingerprint density at radius 1 is 0.727 bits per heavy atom. The molecule has 0 aliphatic heterocycles. The zero-order chi connectivity index (χ0) is 32.4. The molecule has 44 heavy (non-hydrogen) atoms. The number of aliphatic hydroxyl groups excluding tert-OH is 1. The molecule has 0 aromatic heterocycles. The van der Waals surface area contributed by atoms with E-state index in [0.717, 1.165) is 12.0 Å². The van der Waals surface area contributed by atoms with Crippen LogP contribution in [0.15, 0.2) is 42.5 Å². The van der Waals surface area contributed by atoms with E-state index in [9.17, 15) is 24.3 Å². The van der Waals surface area contributed by atoms with E-state index < -0.39 is 28.9 Å². The van der Waals surface area contributed by atoms with Crippen LogP contribution in [0.2, 0.25) is 0 Å². The van der Waals surface area contributed by atoms with E-state index in [0.29, 0.717) is 19.4 Å². The molecule has 0 fully saturated rings. The topological polar surface area (TPSA) is 136 Å². The zero-order valence-corrected chi connectivity index (χ0v) is 26.7. The molecule has 0 aliphatic rings. The molecule has 0 amide bonds. The minimum Gasteiger partial charge on any atom is -0.481 e. The average molecular weight is 629 g/mol. The lowest BCUT2D eigenvalue weighted by atomic mass is 9.91. The molecule has 0 bridgehead atoms. The summed E-state index contributed by atoms with van der Waals surface area (Å²) in [6.07, 6.45) is 1.10. The van der Waals surface area contributed by atoms with Crippen LogP contribution in [-0.2, 0) is 40.0 Å². The van der Waals surface area contributed by atoms with Crippen molar-refractivity contribution in [1.29, 1.82) is 0 Å². The third-order valence-electron chi connectivity index (χ3n) is 6.71. The smallest absolute Gasteiger partial charge is 0.333 e. The molecule has 0 radical (unpaired) electrons. The molecule has 9 heteroatoms. The lowest BCUT2D eigenvalue weighted by Crippen LogP contribution is -2.31. The maximum absolute atomic E-state index is 11.6. The van der Waals surface area contributed by atoms with E-state index in [1.54, 1.807) is 27.7 Å². The van der Waals surface area contributed by atoms with Gasteiger partial charge in [-0.15, -0.1) is 0 Å². The van der Waals surface area contributed by atoms with Gasteiger partial charge in [-0.25, -0.2) is 4.79 Å². The van der Waals surface area contributed by atoms with Crippen LogP contribution in [0.3, 0.4) is 0 Å². The number of rotatable bonds is 13. The molecule has 1 unspecified atom stereocenters. The van der Waals surface area contributed by atoms with Crippen LogP contribution in [0.25, 0.3) is 0 Å². The second kappa shape index (κ2) is 24.2. The Morgan fingerprint density at radius 2 is 1.11 bits per heavy atom. The molecule has 1 atom stereocenters. The summed E-state index contributed by atoms with van der Waals surface area (Å²) in [5.74, 6) is -1.81. The summed E-state index contributed by atoms with van der Waals surface area (Å²) in [6, 6.07) is 9.72. The van der Waals surface area contributed by atoms with Crippen molar-refractivity contribution in [3.63, 3.8) is 0 Å². The molecule has 0 spiro atoms. The van der Waals surface area contributed by atoms with Crippen molar-refractivity contribution in [2.75, 3.05) is 13.2 Å². The molecular formula is C35H64O9. The molecule has 1 aromatic carbocycles. The Morgan fingerprint density at radius 3 is 1.45 bits per heavy atom. The van der Waals surface area contributed by atoms with Crippen LogP contribution in [0.4, 0.5) is 0 Å². The number of aliphatic carboxylic acids is 1. The van der Waals surface area contributed by atoms with E-state index in [4.69, 9.17) is 19.3 Å². The van der Waals surface area contributed by atoms with Gasteiger partial charge in [0.25, 0.3) is 0 Å². The van der Waals surface area contributed by atoms with Crippen molar-refractivity contribution in [1.82, 2.24) is 0 Å².